The Hall–Kier alpha value is -3.40. The molecule has 0 spiro atoms. The van der Waals surface area contributed by atoms with Crippen molar-refractivity contribution in [3.05, 3.63) is 93.5 Å². The van der Waals surface area contributed by atoms with Crippen LogP contribution in [0, 0.1) is 0 Å². The molecule has 26 heavy (non-hydrogen) atoms. The lowest BCUT2D eigenvalue weighted by atomic mass is 9.95. The van der Waals surface area contributed by atoms with E-state index in [1.807, 2.05) is 48.5 Å². The summed E-state index contributed by atoms with van der Waals surface area (Å²) >= 11 is 0. The largest absolute Gasteiger partial charge is 0.311 e. The second-order valence-electron chi connectivity index (χ2n) is 6.33. The van der Waals surface area contributed by atoms with Crippen LogP contribution in [0.15, 0.2) is 82.4 Å². The summed E-state index contributed by atoms with van der Waals surface area (Å²) < 4.78 is 3.30. The molecule has 4 nitrogen and oxygen atoms in total. The van der Waals surface area contributed by atoms with Crippen LogP contribution < -0.4 is 11.1 Å². The fourth-order valence-electron chi connectivity index (χ4n) is 3.44. The number of rotatable bonds is 2. The summed E-state index contributed by atoms with van der Waals surface area (Å²) in [5.41, 5.74) is 3.52. The van der Waals surface area contributed by atoms with Gasteiger partial charge in [-0.15, -0.1) is 0 Å². The number of fused-ring (bicyclic) bond motifs is 1. The van der Waals surface area contributed by atoms with Crippen molar-refractivity contribution >= 4 is 10.8 Å². The molecular formula is C22H18N2O2. The number of hydrogen-bond donors (Lipinski definition) is 0. The molecular weight excluding hydrogens is 324 g/mol. The fraction of sp³-hybridized carbons (Fsp3) is 0.0909. The van der Waals surface area contributed by atoms with Gasteiger partial charge in [0.25, 0.3) is 11.1 Å². The van der Waals surface area contributed by atoms with Crippen molar-refractivity contribution in [2.45, 2.75) is 0 Å². The molecule has 0 saturated heterocycles. The molecule has 0 aliphatic heterocycles. The van der Waals surface area contributed by atoms with E-state index < -0.39 is 0 Å². The topological polar surface area (TPSA) is 44.0 Å². The minimum absolute atomic E-state index is 0.0518. The van der Waals surface area contributed by atoms with E-state index in [9.17, 15) is 9.59 Å². The van der Waals surface area contributed by atoms with E-state index >= 15 is 0 Å². The SMILES string of the molecule is Cn1c(-c2cccc3cccc(-c4cccc(=O)n4C)c23)cccc1=O. The molecule has 128 valence electrons. The maximum Gasteiger partial charge on any atom is 0.250 e. The molecule has 4 aromatic rings. The van der Waals surface area contributed by atoms with Crippen molar-refractivity contribution in [2.75, 3.05) is 0 Å². The molecule has 0 saturated carbocycles. The highest BCUT2D eigenvalue weighted by molar-refractivity contribution is 6.05. The van der Waals surface area contributed by atoms with Crippen molar-refractivity contribution in [1.29, 1.82) is 0 Å². The summed E-state index contributed by atoms with van der Waals surface area (Å²) in [6, 6.07) is 22.6. The molecule has 0 unspecified atom stereocenters. The van der Waals surface area contributed by atoms with Crippen LogP contribution in [-0.2, 0) is 14.1 Å². The van der Waals surface area contributed by atoms with Gasteiger partial charge < -0.3 is 9.13 Å². The van der Waals surface area contributed by atoms with Crippen LogP contribution >= 0.6 is 0 Å². The molecule has 4 heteroatoms. The molecule has 0 aliphatic carbocycles. The predicted molar refractivity (Wildman–Crippen MR) is 105 cm³/mol. The zero-order valence-electron chi connectivity index (χ0n) is 14.6. The van der Waals surface area contributed by atoms with E-state index in [0.29, 0.717) is 0 Å². The van der Waals surface area contributed by atoms with Crippen LogP contribution in [0.25, 0.3) is 33.3 Å². The highest BCUT2D eigenvalue weighted by Crippen LogP contribution is 2.35. The average Bonchev–Trinajstić information content (AvgIpc) is 2.65. The van der Waals surface area contributed by atoms with E-state index in [1.165, 1.54) is 0 Å². The van der Waals surface area contributed by atoms with E-state index in [1.54, 1.807) is 47.5 Å². The molecule has 0 aliphatic rings. The second-order valence-corrected chi connectivity index (χ2v) is 6.33. The maximum atomic E-state index is 12.1. The van der Waals surface area contributed by atoms with Crippen molar-refractivity contribution in [3.63, 3.8) is 0 Å². The minimum Gasteiger partial charge on any atom is -0.311 e. The zero-order valence-corrected chi connectivity index (χ0v) is 14.6. The maximum absolute atomic E-state index is 12.1. The van der Waals surface area contributed by atoms with Gasteiger partial charge >= 0.3 is 0 Å². The summed E-state index contributed by atoms with van der Waals surface area (Å²) in [6.07, 6.45) is 0. The normalized spacial score (nSPS) is 11.0. The van der Waals surface area contributed by atoms with Crippen LogP contribution in [0.1, 0.15) is 0 Å². The van der Waals surface area contributed by atoms with Gasteiger partial charge in [-0.05, 0) is 17.5 Å². The van der Waals surface area contributed by atoms with Crippen molar-refractivity contribution < 1.29 is 0 Å². The molecule has 0 bridgehead atoms. The van der Waals surface area contributed by atoms with Crippen LogP contribution in [-0.4, -0.2) is 9.13 Å². The highest BCUT2D eigenvalue weighted by Gasteiger charge is 2.13. The summed E-state index contributed by atoms with van der Waals surface area (Å²) in [7, 11) is 3.55. The number of benzene rings is 2. The summed E-state index contributed by atoms with van der Waals surface area (Å²) in [5, 5.41) is 2.09. The smallest absolute Gasteiger partial charge is 0.250 e. The molecule has 0 atom stereocenters. The Kier molecular flexibility index (Phi) is 3.81. The Morgan fingerprint density at radius 2 is 1.00 bits per heavy atom. The van der Waals surface area contributed by atoms with E-state index in [0.717, 1.165) is 33.3 Å². The summed E-state index contributed by atoms with van der Waals surface area (Å²) in [6.45, 7) is 0. The first-order chi connectivity index (χ1) is 12.6. The first kappa shape index (κ1) is 16.1. The summed E-state index contributed by atoms with van der Waals surface area (Å²) in [5.74, 6) is 0. The van der Waals surface area contributed by atoms with Crippen LogP contribution in [0.3, 0.4) is 0 Å². The first-order valence-corrected chi connectivity index (χ1v) is 8.42. The quantitative estimate of drug-likeness (QED) is 0.559. The molecule has 2 aromatic carbocycles. The first-order valence-electron chi connectivity index (χ1n) is 8.42. The Bertz CT molecular complexity index is 1150. The van der Waals surface area contributed by atoms with Gasteiger partial charge in [0.15, 0.2) is 0 Å². The van der Waals surface area contributed by atoms with Crippen LogP contribution in [0.5, 0.6) is 0 Å². The van der Waals surface area contributed by atoms with Crippen LogP contribution in [0.4, 0.5) is 0 Å². The third-order valence-corrected chi connectivity index (χ3v) is 4.83. The molecule has 2 aromatic heterocycles. The minimum atomic E-state index is -0.0518. The van der Waals surface area contributed by atoms with Crippen molar-refractivity contribution in [1.82, 2.24) is 9.13 Å². The molecule has 0 amide bonds. The number of aromatic nitrogens is 2. The number of nitrogens with zero attached hydrogens (tertiary/aromatic N) is 2. The molecule has 4 rings (SSSR count). The van der Waals surface area contributed by atoms with Crippen molar-refractivity contribution in [2.24, 2.45) is 14.1 Å². The van der Waals surface area contributed by atoms with Crippen LogP contribution in [0.2, 0.25) is 0 Å². The monoisotopic (exact) mass is 342 g/mol. The van der Waals surface area contributed by atoms with Gasteiger partial charge in [0, 0.05) is 42.7 Å². The Labute approximate surface area is 150 Å². The Balaban J connectivity index is 2.15. The lowest BCUT2D eigenvalue weighted by Gasteiger charge is -2.16. The Morgan fingerprint density at radius 1 is 0.577 bits per heavy atom. The molecule has 0 fully saturated rings. The van der Waals surface area contributed by atoms with E-state index in [2.05, 4.69) is 0 Å². The molecule has 0 radical (unpaired) electrons. The fourth-order valence-corrected chi connectivity index (χ4v) is 3.44. The van der Waals surface area contributed by atoms with Gasteiger partial charge in [0.05, 0.1) is 11.4 Å². The van der Waals surface area contributed by atoms with Gasteiger partial charge in [0.1, 0.15) is 0 Å². The third-order valence-electron chi connectivity index (χ3n) is 4.83. The standard InChI is InChI=1S/C22H18N2O2/c1-23-18(11-5-13-20(23)25)16-9-3-7-15-8-4-10-17(22(15)16)19-12-6-14-21(26)24(19)2/h3-14H,1-2H3. The van der Waals surface area contributed by atoms with Crippen molar-refractivity contribution in [3.8, 4) is 22.5 Å². The molecule has 2 heterocycles. The van der Waals surface area contributed by atoms with Gasteiger partial charge in [-0.25, -0.2) is 0 Å². The predicted octanol–water partition coefficient (Wildman–Crippen LogP) is 3.57. The third kappa shape index (κ3) is 2.47. The van der Waals surface area contributed by atoms with Gasteiger partial charge in [0.2, 0.25) is 0 Å². The zero-order chi connectivity index (χ0) is 18.3. The van der Waals surface area contributed by atoms with E-state index in [-0.39, 0.29) is 11.1 Å². The molecule has 0 N–H and O–H groups in total. The Morgan fingerprint density at radius 3 is 1.46 bits per heavy atom. The van der Waals surface area contributed by atoms with E-state index in [4.69, 9.17) is 0 Å². The summed E-state index contributed by atoms with van der Waals surface area (Å²) in [4.78, 5) is 24.2. The van der Waals surface area contributed by atoms with Gasteiger partial charge in [-0.2, -0.15) is 0 Å². The lowest BCUT2D eigenvalue weighted by molar-refractivity contribution is 0.869. The lowest BCUT2D eigenvalue weighted by Crippen LogP contribution is -2.17. The highest BCUT2D eigenvalue weighted by atomic mass is 16.1. The van der Waals surface area contributed by atoms with Gasteiger partial charge in [-0.1, -0.05) is 48.5 Å². The number of pyridine rings is 2. The second kappa shape index (κ2) is 6.15. The van der Waals surface area contributed by atoms with Gasteiger partial charge in [-0.3, -0.25) is 9.59 Å². The average molecular weight is 342 g/mol. The number of hydrogen-bond acceptors (Lipinski definition) is 2.